The molecule has 4 heteroatoms. The molecule has 1 aromatic rings. The van der Waals surface area contributed by atoms with Gasteiger partial charge in [0.05, 0.1) is 6.42 Å². The SMILES string of the molecule is C[C@H](NCCC(=O)O)c1ccc(Br)cc1. The molecule has 0 aliphatic heterocycles. The first-order valence-corrected chi connectivity index (χ1v) is 5.59. The molecule has 82 valence electrons. The Morgan fingerprint density at radius 2 is 2.07 bits per heavy atom. The fourth-order valence-corrected chi connectivity index (χ4v) is 1.53. The summed E-state index contributed by atoms with van der Waals surface area (Å²) in [6, 6.07) is 8.16. The minimum absolute atomic E-state index is 0.154. The van der Waals surface area contributed by atoms with Crippen molar-refractivity contribution < 1.29 is 9.90 Å². The summed E-state index contributed by atoms with van der Waals surface area (Å²) in [6.07, 6.45) is 0.154. The second kappa shape index (κ2) is 5.88. The maximum atomic E-state index is 10.3. The van der Waals surface area contributed by atoms with Crippen molar-refractivity contribution in [3.63, 3.8) is 0 Å². The lowest BCUT2D eigenvalue weighted by molar-refractivity contribution is -0.136. The lowest BCUT2D eigenvalue weighted by Crippen LogP contribution is -2.21. The molecule has 0 aromatic heterocycles. The van der Waals surface area contributed by atoms with Crippen molar-refractivity contribution in [1.82, 2.24) is 5.32 Å². The molecule has 1 aromatic carbocycles. The smallest absolute Gasteiger partial charge is 0.304 e. The van der Waals surface area contributed by atoms with Crippen LogP contribution in [0.25, 0.3) is 0 Å². The Bertz CT molecular complexity index is 324. The molecule has 1 atom stereocenters. The van der Waals surface area contributed by atoms with Crippen LogP contribution in [0.2, 0.25) is 0 Å². The summed E-state index contributed by atoms with van der Waals surface area (Å²) in [7, 11) is 0. The predicted molar refractivity (Wildman–Crippen MR) is 62.8 cm³/mol. The van der Waals surface area contributed by atoms with Gasteiger partial charge >= 0.3 is 5.97 Å². The van der Waals surface area contributed by atoms with Crippen molar-refractivity contribution in [3.8, 4) is 0 Å². The number of rotatable bonds is 5. The van der Waals surface area contributed by atoms with Gasteiger partial charge in [0.15, 0.2) is 0 Å². The molecule has 0 spiro atoms. The average molecular weight is 272 g/mol. The number of nitrogens with one attached hydrogen (secondary N) is 1. The number of carbonyl (C=O) groups is 1. The quantitative estimate of drug-likeness (QED) is 0.866. The first-order chi connectivity index (χ1) is 7.09. The first kappa shape index (κ1) is 12.2. The summed E-state index contributed by atoms with van der Waals surface area (Å²) in [5.41, 5.74) is 1.16. The van der Waals surface area contributed by atoms with E-state index in [0.717, 1.165) is 10.0 Å². The van der Waals surface area contributed by atoms with Gasteiger partial charge < -0.3 is 10.4 Å². The third-order valence-corrected chi connectivity index (χ3v) is 2.69. The molecule has 0 heterocycles. The molecular weight excluding hydrogens is 258 g/mol. The number of hydrogen-bond donors (Lipinski definition) is 2. The summed E-state index contributed by atoms with van der Waals surface area (Å²) in [5.74, 6) is -0.773. The third kappa shape index (κ3) is 4.44. The molecule has 0 bridgehead atoms. The maximum absolute atomic E-state index is 10.3. The molecule has 0 saturated carbocycles. The van der Waals surface area contributed by atoms with Crippen LogP contribution in [0.15, 0.2) is 28.7 Å². The number of aliphatic carboxylic acids is 1. The summed E-state index contributed by atoms with van der Waals surface area (Å²) >= 11 is 3.37. The van der Waals surface area contributed by atoms with Crippen LogP contribution in [-0.4, -0.2) is 17.6 Å². The van der Waals surface area contributed by atoms with Crippen LogP contribution in [0.5, 0.6) is 0 Å². The zero-order valence-electron chi connectivity index (χ0n) is 8.53. The first-order valence-electron chi connectivity index (χ1n) is 4.80. The van der Waals surface area contributed by atoms with Crippen molar-refractivity contribution in [2.45, 2.75) is 19.4 Å². The van der Waals surface area contributed by atoms with E-state index >= 15 is 0 Å². The molecule has 0 saturated heterocycles. The summed E-state index contributed by atoms with van der Waals surface area (Å²) in [4.78, 5) is 10.3. The van der Waals surface area contributed by atoms with Crippen LogP contribution < -0.4 is 5.32 Å². The van der Waals surface area contributed by atoms with Gasteiger partial charge in [-0.1, -0.05) is 28.1 Å². The molecule has 0 aliphatic rings. The van der Waals surface area contributed by atoms with Crippen LogP contribution in [0.4, 0.5) is 0 Å². The van der Waals surface area contributed by atoms with Gasteiger partial charge in [0.1, 0.15) is 0 Å². The highest BCUT2D eigenvalue weighted by Crippen LogP contribution is 2.16. The van der Waals surface area contributed by atoms with Gasteiger partial charge in [-0.3, -0.25) is 4.79 Å². The fraction of sp³-hybridized carbons (Fsp3) is 0.364. The molecule has 0 unspecified atom stereocenters. The molecular formula is C11H14BrNO2. The predicted octanol–water partition coefficient (Wildman–Crippen LogP) is 2.57. The Hall–Kier alpha value is -0.870. The number of benzene rings is 1. The molecule has 15 heavy (non-hydrogen) atoms. The van der Waals surface area contributed by atoms with Crippen LogP contribution in [0.3, 0.4) is 0 Å². The Balaban J connectivity index is 2.43. The highest BCUT2D eigenvalue weighted by atomic mass is 79.9. The number of carboxylic acids is 1. The molecule has 3 nitrogen and oxygen atoms in total. The molecule has 0 amide bonds. The molecule has 0 radical (unpaired) electrons. The van der Waals surface area contributed by atoms with E-state index in [0.29, 0.717) is 6.54 Å². The summed E-state index contributed by atoms with van der Waals surface area (Å²) in [6.45, 7) is 2.51. The van der Waals surface area contributed by atoms with E-state index in [1.807, 2.05) is 31.2 Å². The van der Waals surface area contributed by atoms with Crippen molar-refractivity contribution >= 4 is 21.9 Å². The van der Waals surface area contributed by atoms with E-state index in [1.165, 1.54) is 0 Å². The Morgan fingerprint density at radius 3 is 2.60 bits per heavy atom. The van der Waals surface area contributed by atoms with E-state index in [9.17, 15) is 4.79 Å². The minimum Gasteiger partial charge on any atom is -0.481 e. The van der Waals surface area contributed by atoms with Crippen LogP contribution in [0.1, 0.15) is 24.9 Å². The second-order valence-corrected chi connectivity index (χ2v) is 4.29. The van der Waals surface area contributed by atoms with Crippen LogP contribution >= 0.6 is 15.9 Å². The normalized spacial score (nSPS) is 12.4. The largest absolute Gasteiger partial charge is 0.481 e. The van der Waals surface area contributed by atoms with Gasteiger partial charge in [-0.05, 0) is 24.6 Å². The van der Waals surface area contributed by atoms with E-state index < -0.39 is 5.97 Å². The summed E-state index contributed by atoms with van der Waals surface area (Å²) in [5, 5.41) is 11.6. The van der Waals surface area contributed by atoms with E-state index in [1.54, 1.807) is 0 Å². The number of halogens is 1. The van der Waals surface area contributed by atoms with Crippen molar-refractivity contribution in [2.75, 3.05) is 6.54 Å². The van der Waals surface area contributed by atoms with Gasteiger partial charge in [-0.2, -0.15) is 0 Å². The van der Waals surface area contributed by atoms with Crippen LogP contribution in [-0.2, 0) is 4.79 Å². The maximum Gasteiger partial charge on any atom is 0.304 e. The van der Waals surface area contributed by atoms with Crippen molar-refractivity contribution in [2.24, 2.45) is 0 Å². The zero-order chi connectivity index (χ0) is 11.3. The average Bonchev–Trinajstić information content (AvgIpc) is 2.18. The van der Waals surface area contributed by atoms with Gasteiger partial charge in [-0.25, -0.2) is 0 Å². The van der Waals surface area contributed by atoms with E-state index in [2.05, 4.69) is 21.2 Å². The van der Waals surface area contributed by atoms with Gasteiger partial charge in [0.25, 0.3) is 0 Å². The Labute approximate surface area is 97.6 Å². The molecule has 0 fully saturated rings. The molecule has 1 rings (SSSR count). The lowest BCUT2D eigenvalue weighted by atomic mass is 10.1. The van der Waals surface area contributed by atoms with Gasteiger partial charge in [-0.15, -0.1) is 0 Å². The second-order valence-electron chi connectivity index (χ2n) is 3.37. The van der Waals surface area contributed by atoms with E-state index in [4.69, 9.17) is 5.11 Å². The summed E-state index contributed by atoms with van der Waals surface area (Å²) < 4.78 is 1.05. The minimum atomic E-state index is -0.773. The van der Waals surface area contributed by atoms with Gasteiger partial charge in [0, 0.05) is 17.1 Å². The monoisotopic (exact) mass is 271 g/mol. The van der Waals surface area contributed by atoms with Crippen molar-refractivity contribution in [3.05, 3.63) is 34.3 Å². The molecule has 0 aliphatic carbocycles. The number of carboxylic acid groups (broad SMARTS) is 1. The van der Waals surface area contributed by atoms with Crippen LogP contribution in [0, 0.1) is 0 Å². The standard InChI is InChI=1S/C11H14BrNO2/c1-8(13-7-6-11(14)15)9-2-4-10(12)5-3-9/h2-5,8,13H,6-7H2,1H3,(H,14,15)/t8-/m0/s1. The van der Waals surface area contributed by atoms with Crippen molar-refractivity contribution in [1.29, 1.82) is 0 Å². The highest BCUT2D eigenvalue weighted by molar-refractivity contribution is 9.10. The third-order valence-electron chi connectivity index (χ3n) is 2.16. The van der Waals surface area contributed by atoms with Gasteiger partial charge in [0.2, 0.25) is 0 Å². The Morgan fingerprint density at radius 1 is 1.47 bits per heavy atom. The fourth-order valence-electron chi connectivity index (χ4n) is 1.26. The number of hydrogen-bond acceptors (Lipinski definition) is 2. The lowest BCUT2D eigenvalue weighted by Gasteiger charge is -2.13. The molecule has 2 N–H and O–H groups in total. The van der Waals surface area contributed by atoms with E-state index in [-0.39, 0.29) is 12.5 Å². The topological polar surface area (TPSA) is 49.3 Å². The Kier molecular flexibility index (Phi) is 4.78. The highest BCUT2D eigenvalue weighted by Gasteiger charge is 2.04. The zero-order valence-corrected chi connectivity index (χ0v) is 10.1.